The van der Waals surface area contributed by atoms with Gasteiger partial charge in [0.1, 0.15) is 0 Å². The van der Waals surface area contributed by atoms with Crippen molar-refractivity contribution in [2.24, 2.45) is 0 Å². The van der Waals surface area contributed by atoms with Crippen LogP contribution in [0.2, 0.25) is 0 Å². The molecule has 0 radical (unpaired) electrons. The zero-order valence-corrected chi connectivity index (χ0v) is 14.0. The van der Waals surface area contributed by atoms with Gasteiger partial charge in [0.2, 0.25) is 5.91 Å². The first kappa shape index (κ1) is 16.0. The van der Waals surface area contributed by atoms with Crippen molar-refractivity contribution in [1.82, 2.24) is 4.98 Å². The van der Waals surface area contributed by atoms with Gasteiger partial charge in [-0.3, -0.25) is 4.79 Å². The average molecular weight is 320 g/mol. The van der Waals surface area contributed by atoms with E-state index in [9.17, 15) is 4.79 Å². The van der Waals surface area contributed by atoms with E-state index in [1.165, 1.54) is 11.3 Å². The van der Waals surface area contributed by atoms with Gasteiger partial charge in [-0.1, -0.05) is 55.0 Å². The van der Waals surface area contributed by atoms with Crippen molar-refractivity contribution in [1.29, 1.82) is 0 Å². The highest BCUT2D eigenvalue weighted by Gasteiger charge is 2.15. The molecule has 0 spiro atoms. The number of hydrogen-bond donors (Lipinski definition) is 1. The van der Waals surface area contributed by atoms with Gasteiger partial charge in [-0.25, -0.2) is 4.98 Å². The highest BCUT2D eigenvalue weighted by atomic mass is 32.2. The van der Waals surface area contributed by atoms with E-state index in [1.54, 1.807) is 11.8 Å². The Balaban J connectivity index is 1.92. The first-order valence-electron chi connectivity index (χ1n) is 7.14. The number of carbonyl (C=O) groups excluding carboxylic acids is 1. The van der Waals surface area contributed by atoms with Crippen molar-refractivity contribution in [3.63, 3.8) is 0 Å². The molecule has 0 saturated heterocycles. The van der Waals surface area contributed by atoms with Crippen LogP contribution < -0.4 is 5.32 Å². The maximum Gasteiger partial charge on any atom is 0.238 e. The summed E-state index contributed by atoms with van der Waals surface area (Å²) in [5, 5.41) is 3.53. The van der Waals surface area contributed by atoms with Gasteiger partial charge < -0.3 is 5.32 Å². The van der Waals surface area contributed by atoms with E-state index < -0.39 is 0 Å². The van der Waals surface area contributed by atoms with Crippen LogP contribution in [0.15, 0.2) is 36.5 Å². The minimum absolute atomic E-state index is 0.0325. The molecule has 2 aromatic rings. The molecule has 1 aromatic heterocycles. The van der Waals surface area contributed by atoms with Crippen LogP contribution in [0.3, 0.4) is 0 Å². The van der Waals surface area contributed by atoms with E-state index in [4.69, 9.17) is 0 Å². The SMILES string of the molecule is CCCCSC(C)C(=O)Nc1ncc(-c2ccccc2)s1. The molecule has 3 nitrogen and oxygen atoms in total. The lowest BCUT2D eigenvalue weighted by Gasteiger charge is -2.09. The molecule has 1 unspecified atom stereocenters. The summed E-state index contributed by atoms with van der Waals surface area (Å²) in [7, 11) is 0. The Kier molecular flexibility index (Phi) is 6.26. The molecule has 1 aromatic carbocycles. The highest BCUT2D eigenvalue weighted by molar-refractivity contribution is 8.00. The summed E-state index contributed by atoms with van der Waals surface area (Å²) < 4.78 is 0. The van der Waals surface area contributed by atoms with Crippen molar-refractivity contribution >= 4 is 34.1 Å². The molecule has 1 atom stereocenters. The van der Waals surface area contributed by atoms with Gasteiger partial charge in [0.15, 0.2) is 5.13 Å². The van der Waals surface area contributed by atoms with Crippen LogP contribution >= 0.6 is 23.1 Å². The number of nitrogens with zero attached hydrogens (tertiary/aromatic N) is 1. The molecule has 1 amide bonds. The maximum atomic E-state index is 12.1. The Morgan fingerprint density at radius 2 is 2.14 bits per heavy atom. The van der Waals surface area contributed by atoms with E-state index in [0.29, 0.717) is 5.13 Å². The molecule has 2 rings (SSSR count). The number of thiazole rings is 1. The van der Waals surface area contributed by atoms with Crippen molar-refractivity contribution in [2.45, 2.75) is 31.9 Å². The third kappa shape index (κ3) is 4.86. The van der Waals surface area contributed by atoms with Gasteiger partial charge in [0.05, 0.1) is 10.1 Å². The summed E-state index contributed by atoms with van der Waals surface area (Å²) in [6.07, 6.45) is 4.12. The topological polar surface area (TPSA) is 42.0 Å². The lowest BCUT2D eigenvalue weighted by molar-refractivity contribution is -0.115. The van der Waals surface area contributed by atoms with Crippen molar-refractivity contribution in [3.8, 4) is 10.4 Å². The molecular formula is C16H20N2OS2. The smallest absolute Gasteiger partial charge is 0.238 e. The van der Waals surface area contributed by atoms with Gasteiger partial charge in [0.25, 0.3) is 0 Å². The number of aromatic nitrogens is 1. The molecule has 112 valence electrons. The number of nitrogens with one attached hydrogen (secondary N) is 1. The zero-order valence-electron chi connectivity index (χ0n) is 12.3. The standard InChI is InChI=1S/C16H20N2OS2/c1-3-4-10-20-12(2)15(19)18-16-17-11-14(21-16)13-8-6-5-7-9-13/h5-9,11-12H,3-4,10H2,1-2H3,(H,17,18,19). The third-order valence-corrected chi connectivity index (χ3v) is 5.23. The summed E-state index contributed by atoms with van der Waals surface area (Å²) in [5.74, 6) is 1.06. The summed E-state index contributed by atoms with van der Waals surface area (Å²) in [5.41, 5.74) is 1.13. The molecule has 0 fully saturated rings. The van der Waals surface area contributed by atoms with E-state index in [2.05, 4.69) is 17.2 Å². The molecular weight excluding hydrogens is 300 g/mol. The predicted octanol–water partition coefficient (Wildman–Crippen LogP) is 4.67. The second kappa shape index (κ2) is 8.20. The van der Waals surface area contributed by atoms with E-state index in [1.807, 2.05) is 43.5 Å². The Morgan fingerprint density at radius 1 is 1.38 bits per heavy atom. The highest BCUT2D eigenvalue weighted by Crippen LogP contribution is 2.29. The number of carbonyl (C=O) groups is 1. The van der Waals surface area contributed by atoms with Crippen LogP contribution in [0.25, 0.3) is 10.4 Å². The van der Waals surface area contributed by atoms with Crippen LogP contribution in [-0.4, -0.2) is 21.9 Å². The second-order valence-electron chi connectivity index (χ2n) is 4.75. The number of thioether (sulfide) groups is 1. The van der Waals surface area contributed by atoms with Crippen LogP contribution in [0.1, 0.15) is 26.7 Å². The molecule has 21 heavy (non-hydrogen) atoms. The quantitative estimate of drug-likeness (QED) is 0.754. The Bertz CT molecular complexity index is 569. The third-order valence-electron chi connectivity index (χ3n) is 3.03. The van der Waals surface area contributed by atoms with E-state index in [0.717, 1.165) is 29.0 Å². The lowest BCUT2D eigenvalue weighted by atomic mass is 10.2. The van der Waals surface area contributed by atoms with Crippen LogP contribution in [0.5, 0.6) is 0 Å². The fourth-order valence-corrected chi connectivity index (χ4v) is 3.60. The van der Waals surface area contributed by atoms with Gasteiger partial charge in [0, 0.05) is 6.20 Å². The normalized spacial score (nSPS) is 12.1. The number of benzene rings is 1. The molecule has 0 bridgehead atoms. The van der Waals surface area contributed by atoms with Crippen LogP contribution in [-0.2, 0) is 4.79 Å². The molecule has 0 aliphatic rings. The fourth-order valence-electron chi connectivity index (χ4n) is 1.75. The van der Waals surface area contributed by atoms with Gasteiger partial charge >= 0.3 is 0 Å². The van der Waals surface area contributed by atoms with Gasteiger partial charge in [-0.2, -0.15) is 0 Å². The lowest BCUT2D eigenvalue weighted by Crippen LogP contribution is -2.22. The first-order chi connectivity index (χ1) is 10.2. The largest absolute Gasteiger partial charge is 0.301 e. The minimum atomic E-state index is -0.0411. The van der Waals surface area contributed by atoms with E-state index in [-0.39, 0.29) is 11.2 Å². The monoisotopic (exact) mass is 320 g/mol. The number of hydrogen-bond acceptors (Lipinski definition) is 4. The van der Waals surface area contributed by atoms with Gasteiger partial charge in [-0.05, 0) is 24.7 Å². The number of unbranched alkanes of at least 4 members (excludes halogenated alkanes) is 1. The molecule has 5 heteroatoms. The summed E-state index contributed by atoms with van der Waals surface area (Å²) in [6, 6.07) is 10.1. The predicted molar refractivity (Wildman–Crippen MR) is 93.0 cm³/mol. The van der Waals surface area contributed by atoms with Crippen molar-refractivity contribution < 1.29 is 4.79 Å². The molecule has 1 N–H and O–H groups in total. The Morgan fingerprint density at radius 3 is 2.86 bits per heavy atom. The van der Waals surface area contributed by atoms with Crippen molar-refractivity contribution in [3.05, 3.63) is 36.5 Å². The summed E-state index contributed by atoms with van der Waals surface area (Å²) in [4.78, 5) is 17.4. The molecule has 0 aliphatic carbocycles. The number of anilines is 1. The van der Waals surface area contributed by atoms with Crippen molar-refractivity contribution in [2.75, 3.05) is 11.1 Å². The maximum absolute atomic E-state index is 12.1. The molecule has 0 saturated carbocycles. The minimum Gasteiger partial charge on any atom is -0.301 e. The summed E-state index contributed by atoms with van der Waals surface area (Å²) >= 11 is 3.20. The Hall–Kier alpha value is -1.33. The number of rotatable bonds is 7. The zero-order chi connectivity index (χ0) is 15.1. The first-order valence-corrected chi connectivity index (χ1v) is 9.01. The second-order valence-corrected chi connectivity index (χ2v) is 7.23. The number of amides is 1. The molecule has 1 heterocycles. The van der Waals surface area contributed by atoms with Crippen LogP contribution in [0, 0.1) is 0 Å². The average Bonchev–Trinajstić information content (AvgIpc) is 2.97. The van der Waals surface area contributed by atoms with Crippen LogP contribution in [0.4, 0.5) is 5.13 Å². The van der Waals surface area contributed by atoms with E-state index >= 15 is 0 Å². The fraction of sp³-hybridized carbons (Fsp3) is 0.375. The Labute approximate surface area is 134 Å². The molecule has 0 aliphatic heterocycles. The van der Waals surface area contributed by atoms with Gasteiger partial charge in [-0.15, -0.1) is 11.8 Å². The summed E-state index contributed by atoms with van der Waals surface area (Å²) in [6.45, 7) is 4.10.